The zero-order valence-electron chi connectivity index (χ0n) is 9.13. The lowest BCUT2D eigenvalue weighted by Gasteiger charge is -2.27. The van der Waals surface area contributed by atoms with Crippen molar-refractivity contribution in [1.82, 2.24) is 0 Å². The van der Waals surface area contributed by atoms with Gasteiger partial charge >= 0.3 is 8.56 Å². The zero-order valence-corrected chi connectivity index (χ0v) is 10.1. The van der Waals surface area contributed by atoms with Gasteiger partial charge in [0.05, 0.1) is 11.5 Å². The number of carbonyl (C=O) groups is 1. The minimum atomic E-state index is -2.33. The summed E-state index contributed by atoms with van der Waals surface area (Å²) in [5.74, 6) is 1.23. The van der Waals surface area contributed by atoms with Gasteiger partial charge < -0.3 is 13.6 Å². The summed E-state index contributed by atoms with van der Waals surface area (Å²) in [6, 6.07) is 0.621. The predicted octanol–water partition coefficient (Wildman–Crippen LogP) is 2.75. The molecule has 0 bridgehead atoms. The second-order valence-corrected chi connectivity index (χ2v) is 6.62. The monoisotopic (exact) mass is 214 g/mol. The molecular formula is C10H18O3Si. The lowest BCUT2D eigenvalue weighted by Crippen LogP contribution is -2.37. The first kappa shape index (κ1) is 13.0. The van der Waals surface area contributed by atoms with Crippen molar-refractivity contribution < 1.29 is 13.6 Å². The van der Waals surface area contributed by atoms with E-state index in [0.29, 0.717) is 24.0 Å². The number of rotatable bonds is 7. The number of carbonyl (C=O) groups excluding carboxylic acids is 1. The number of hydrogen-bond donors (Lipinski definition) is 0. The highest BCUT2D eigenvalue weighted by Gasteiger charge is 2.34. The molecule has 0 N–H and O–H groups in total. The second-order valence-electron chi connectivity index (χ2n) is 3.45. The highest BCUT2D eigenvalue weighted by atomic mass is 28.4. The van der Waals surface area contributed by atoms with E-state index in [1.165, 1.54) is 0 Å². The van der Waals surface area contributed by atoms with Crippen LogP contribution in [0.2, 0.25) is 12.6 Å². The van der Waals surface area contributed by atoms with E-state index in [0.717, 1.165) is 6.29 Å². The molecule has 0 radical (unpaired) electrons. The first-order valence-corrected chi connectivity index (χ1v) is 7.04. The van der Waals surface area contributed by atoms with Gasteiger partial charge in [0.25, 0.3) is 0 Å². The number of aldehydes is 1. The molecule has 4 heteroatoms. The van der Waals surface area contributed by atoms with Crippen LogP contribution in [0.4, 0.5) is 0 Å². The predicted molar refractivity (Wildman–Crippen MR) is 58.9 cm³/mol. The zero-order chi connectivity index (χ0) is 11.2. The quantitative estimate of drug-likeness (QED) is 0.371. The lowest BCUT2D eigenvalue weighted by molar-refractivity contribution is -0.107. The van der Waals surface area contributed by atoms with Crippen LogP contribution in [-0.4, -0.2) is 14.8 Å². The van der Waals surface area contributed by atoms with E-state index in [2.05, 4.69) is 13.2 Å². The smallest absolute Gasteiger partial charge is 0.457 e. The van der Waals surface area contributed by atoms with Crippen molar-refractivity contribution in [1.29, 1.82) is 0 Å². The van der Waals surface area contributed by atoms with Crippen LogP contribution in [0.3, 0.4) is 0 Å². The molecule has 0 atom stereocenters. The first-order chi connectivity index (χ1) is 6.39. The molecule has 0 fully saturated rings. The summed E-state index contributed by atoms with van der Waals surface area (Å²) in [5.41, 5.74) is 0. The Balaban J connectivity index is 4.38. The Morgan fingerprint density at radius 2 is 1.71 bits per heavy atom. The van der Waals surface area contributed by atoms with Crippen molar-refractivity contribution in [3.8, 4) is 0 Å². The minimum Gasteiger partial charge on any atom is -0.517 e. The molecule has 0 unspecified atom stereocenters. The molecular weight excluding hydrogens is 196 g/mol. The third-order valence-electron chi connectivity index (χ3n) is 1.50. The molecule has 3 nitrogen and oxygen atoms in total. The second kappa shape index (κ2) is 5.65. The Morgan fingerprint density at radius 3 is 2.00 bits per heavy atom. The van der Waals surface area contributed by atoms with Crippen LogP contribution in [0.1, 0.15) is 20.3 Å². The van der Waals surface area contributed by atoms with Crippen molar-refractivity contribution >= 4 is 14.8 Å². The van der Waals surface area contributed by atoms with Crippen molar-refractivity contribution in [2.75, 3.05) is 0 Å². The Labute approximate surface area is 86.7 Å². The molecule has 0 saturated heterocycles. The topological polar surface area (TPSA) is 35.5 Å². The highest BCUT2D eigenvalue weighted by molar-refractivity contribution is 6.66. The van der Waals surface area contributed by atoms with Crippen LogP contribution in [0.5, 0.6) is 0 Å². The third kappa shape index (κ3) is 5.58. The van der Waals surface area contributed by atoms with Crippen molar-refractivity contribution in [3.05, 3.63) is 24.7 Å². The molecule has 0 rings (SSSR count). The van der Waals surface area contributed by atoms with Crippen LogP contribution < -0.4 is 0 Å². The van der Waals surface area contributed by atoms with Crippen molar-refractivity contribution in [3.63, 3.8) is 0 Å². The first-order valence-electron chi connectivity index (χ1n) is 4.52. The molecule has 0 heterocycles. The van der Waals surface area contributed by atoms with Gasteiger partial charge in [0.15, 0.2) is 0 Å². The standard InChI is InChI=1S/C10H18O3Si/c1-9(2)12-14(5,8-6-7-11)13-10(3)4/h7H,1,3,6,8H2,2,4-5H3. The van der Waals surface area contributed by atoms with E-state index in [-0.39, 0.29) is 0 Å². The average Bonchev–Trinajstić information content (AvgIpc) is 1.97. The van der Waals surface area contributed by atoms with E-state index in [9.17, 15) is 4.79 Å². The summed E-state index contributed by atoms with van der Waals surface area (Å²) in [5, 5.41) is 0. The van der Waals surface area contributed by atoms with Gasteiger partial charge in [-0.15, -0.1) is 0 Å². The third-order valence-corrected chi connectivity index (χ3v) is 4.25. The number of hydrogen-bond acceptors (Lipinski definition) is 3. The van der Waals surface area contributed by atoms with Gasteiger partial charge in [-0.2, -0.15) is 0 Å². The largest absolute Gasteiger partial charge is 0.517 e. The molecule has 80 valence electrons. The summed E-state index contributed by atoms with van der Waals surface area (Å²) < 4.78 is 11.1. The molecule has 0 spiro atoms. The van der Waals surface area contributed by atoms with Gasteiger partial charge in [-0.05, 0) is 13.8 Å². The van der Waals surface area contributed by atoms with Crippen molar-refractivity contribution in [2.45, 2.75) is 32.9 Å². The Bertz CT molecular complexity index is 220. The van der Waals surface area contributed by atoms with E-state index in [1.807, 2.05) is 6.55 Å². The fraction of sp³-hybridized carbons (Fsp3) is 0.500. The molecule has 14 heavy (non-hydrogen) atoms. The average molecular weight is 214 g/mol. The maximum Gasteiger partial charge on any atom is 0.457 e. The minimum absolute atomic E-state index is 0.448. The van der Waals surface area contributed by atoms with Gasteiger partial charge in [-0.1, -0.05) is 13.2 Å². The molecule has 0 aromatic rings. The van der Waals surface area contributed by atoms with E-state index in [4.69, 9.17) is 8.85 Å². The van der Waals surface area contributed by atoms with E-state index >= 15 is 0 Å². The van der Waals surface area contributed by atoms with Crippen LogP contribution in [-0.2, 0) is 13.6 Å². The van der Waals surface area contributed by atoms with E-state index < -0.39 is 8.56 Å². The SMILES string of the molecule is C=C(C)O[Si](C)(CCC=O)OC(=C)C. The molecule has 0 amide bonds. The normalized spacial score (nSPS) is 10.5. The van der Waals surface area contributed by atoms with Gasteiger partial charge in [0, 0.05) is 19.0 Å². The Hall–Kier alpha value is -1.03. The summed E-state index contributed by atoms with van der Waals surface area (Å²) in [6.45, 7) is 12.8. The van der Waals surface area contributed by atoms with Gasteiger partial charge in [-0.25, -0.2) is 0 Å². The van der Waals surface area contributed by atoms with Crippen LogP contribution in [0, 0.1) is 0 Å². The summed E-state index contributed by atoms with van der Waals surface area (Å²) in [4.78, 5) is 10.3. The van der Waals surface area contributed by atoms with Crippen LogP contribution in [0.25, 0.3) is 0 Å². The van der Waals surface area contributed by atoms with Crippen LogP contribution in [0.15, 0.2) is 24.7 Å². The molecule has 0 aliphatic carbocycles. The molecule has 0 aliphatic heterocycles. The lowest BCUT2D eigenvalue weighted by atomic mass is 10.6. The van der Waals surface area contributed by atoms with Gasteiger partial charge in [0.1, 0.15) is 6.29 Å². The summed E-state index contributed by atoms with van der Waals surface area (Å²) >= 11 is 0. The Morgan fingerprint density at radius 1 is 1.29 bits per heavy atom. The van der Waals surface area contributed by atoms with Gasteiger partial charge in [0.2, 0.25) is 0 Å². The fourth-order valence-electron chi connectivity index (χ4n) is 1.18. The van der Waals surface area contributed by atoms with E-state index in [1.54, 1.807) is 13.8 Å². The van der Waals surface area contributed by atoms with Crippen LogP contribution >= 0.6 is 0 Å². The molecule has 0 aromatic heterocycles. The fourth-order valence-corrected chi connectivity index (χ4v) is 3.54. The summed E-state index contributed by atoms with van der Waals surface area (Å²) in [6.07, 6.45) is 1.32. The molecule has 0 saturated carbocycles. The maximum absolute atomic E-state index is 10.3. The maximum atomic E-state index is 10.3. The summed E-state index contributed by atoms with van der Waals surface area (Å²) in [7, 11) is -2.33. The van der Waals surface area contributed by atoms with Crippen molar-refractivity contribution in [2.24, 2.45) is 0 Å². The molecule has 0 aromatic carbocycles. The Kier molecular flexibility index (Phi) is 5.23. The van der Waals surface area contributed by atoms with Gasteiger partial charge in [-0.3, -0.25) is 0 Å². The molecule has 0 aliphatic rings. The number of allylic oxidation sites excluding steroid dienone is 2. The highest BCUT2D eigenvalue weighted by Crippen LogP contribution is 2.20.